The molecule has 34 heteroatoms. The van der Waals surface area contributed by atoms with Gasteiger partial charge in [0.2, 0.25) is 13.6 Å². The zero-order valence-electron chi connectivity index (χ0n) is 66.5. The molecule has 0 aliphatic carbocycles. The second-order valence-electron chi connectivity index (χ2n) is 24.6. The van der Waals surface area contributed by atoms with Crippen molar-refractivity contribution in [3.63, 3.8) is 0 Å². The number of aromatic amines is 2. The van der Waals surface area contributed by atoms with E-state index < -0.39 is 58.9 Å². The van der Waals surface area contributed by atoms with Gasteiger partial charge in [-0.05, 0) is 156 Å². The Morgan fingerprint density at radius 1 is 0.320 bits per heavy atom. The normalized spacial score (nSPS) is 11.4. The number of hydrogen-bond acceptors (Lipinski definition) is 18. The van der Waals surface area contributed by atoms with Crippen LogP contribution in [0, 0.1) is 0 Å². The number of benzene rings is 10. The second-order valence-corrected chi connectivity index (χ2v) is 25.4. The molecule has 0 atom stereocenters. The van der Waals surface area contributed by atoms with E-state index in [1.165, 1.54) is 74.9 Å². The Hall–Kier alpha value is -15.4. The van der Waals surface area contributed by atoms with Crippen LogP contribution in [-0.2, 0) is 58.2 Å². The Bertz CT molecular complexity index is 5930. The van der Waals surface area contributed by atoms with Gasteiger partial charge in [-0.1, -0.05) is 169 Å². The van der Waals surface area contributed by atoms with Crippen LogP contribution in [0.2, 0.25) is 10.0 Å². The number of esters is 2. The van der Waals surface area contributed by atoms with E-state index in [1.807, 2.05) is 85.2 Å². The Labute approximate surface area is 730 Å². The number of carbonyl (C=O) groups is 12. The molecule has 2 aliphatic heterocycles. The summed E-state index contributed by atoms with van der Waals surface area (Å²) in [6.45, 7) is 0.460. The summed E-state index contributed by atoms with van der Waals surface area (Å²) in [5.41, 5.74) is 3.87. The average molecular weight is 1810 g/mol. The monoisotopic (exact) mass is 1810 g/mol. The van der Waals surface area contributed by atoms with Crippen LogP contribution < -0.4 is 18.9 Å². The van der Waals surface area contributed by atoms with E-state index in [0.717, 1.165) is 136 Å². The van der Waals surface area contributed by atoms with Gasteiger partial charge in [0.05, 0.1) is 58.2 Å². The number of hydrogen-bond donors (Lipinski definition) is 2. The molecule has 0 bridgehead atoms. The molecule has 14 rings (SSSR count). The lowest BCUT2D eigenvalue weighted by Gasteiger charge is -2.09. The van der Waals surface area contributed by atoms with E-state index in [1.54, 1.807) is 78.9 Å². The predicted octanol–water partition coefficient (Wildman–Crippen LogP) is 22.4. The molecule has 20 nitrogen and oxygen atoms in total. The number of allylic oxidation sites excluding steroid dienone is 5. The second kappa shape index (κ2) is 52.9. The molecule has 662 valence electrons. The maximum Gasteiger partial charge on any atom is 0.417 e. The fourth-order valence-electron chi connectivity index (χ4n) is 10.5. The molecule has 0 spiro atoms. The average Bonchev–Trinajstić information content (AvgIpc) is 1.78. The van der Waals surface area contributed by atoms with Crippen molar-refractivity contribution in [1.82, 2.24) is 9.97 Å². The number of alkyl halides is 12. The molecule has 4 heterocycles. The van der Waals surface area contributed by atoms with E-state index >= 15 is 0 Å². The van der Waals surface area contributed by atoms with Crippen molar-refractivity contribution < 1.29 is 139 Å². The highest BCUT2D eigenvalue weighted by atomic mass is 35.5. The first-order chi connectivity index (χ1) is 61.2. The molecular formula is C94H70Cl2F12N2O18. The summed E-state index contributed by atoms with van der Waals surface area (Å²) in [5, 5.41) is 1.90. The number of ether oxygens (including phenoxy) is 6. The van der Waals surface area contributed by atoms with Gasteiger partial charge in [0, 0.05) is 67.0 Å². The quantitative estimate of drug-likeness (QED) is 0.0370. The minimum absolute atomic E-state index is 0.00731. The summed E-state index contributed by atoms with van der Waals surface area (Å²) in [6.07, 6.45) is 6.06. The Morgan fingerprint density at radius 2 is 0.648 bits per heavy atom. The van der Waals surface area contributed by atoms with Crippen molar-refractivity contribution in [3.8, 4) is 23.0 Å². The zero-order valence-corrected chi connectivity index (χ0v) is 68.1. The van der Waals surface area contributed by atoms with E-state index in [0.29, 0.717) is 82.1 Å². The molecule has 2 aliphatic rings. The molecule has 0 radical (unpaired) electrons. The highest BCUT2D eigenvalue weighted by Gasteiger charge is 2.35. The van der Waals surface area contributed by atoms with Crippen molar-refractivity contribution in [2.24, 2.45) is 0 Å². The summed E-state index contributed by atoms with van der Waals surface area (Å²) in [5.74, 6) is 1.75. The van der Waals surface area contributed by atoms with Crippen molar-refractivity contribution in [1.29, 1.82) is 0 Å². The molecule has 2 N–H and O–H groups in total. The molecule has 0 saturated carbocycles. The predicted molar refractivity (Wildman–Crippen MR) is 456 cm³/mol. The van der Waals surface area contributed by atoms with E-state index in [9.17, 15) is 110 Å². The highest BCUT2D eigenvalue weighted by Crippen LogP contribution is 2.39. The number of H-pyrrole nitrogens is 2. The number of rotatable bonds is 17. The number of nitrogens with one attached hydrogen (secondary N) is 2. The number of halogens is 14. The van der Waals surface area contributed by atoms with Crippen LogP contribution in [0.5, 0.6) is 23.0 Å². The highest BCUT2D eigenvalue weighted by molar-refractivity contribution is 6.33. The maximum absolute atomic E-state index is 12.4. The molecule has 2 aromatic heterocycles. The van der Waals surface area contributed by atoms with Crippen molar-refractivity contribution in [2.45, 2.75) is 24.7 Å². The molecule has 0 amide bonds. The van der Waals surface area contributed by atoms with Crippen LogP contribution >= 0.6 is 23.2 Å². The maximum atomic E-state index is 12.4. The Balaban J connectivity index is 0.000000252. The third-order valence-corrected chi connectivity index (χ3v) is 17.1. The minimum atomic E-state index is -4.45. The zero-order chi connectivity index (χ0) is 94.2. The lowest BCUT2D eigenvalue weighted by Crippen LogP contribution is -2.08. The summed E-state index contributed by atoms with van der Waals surface area (Å²) in [6, 6.07) is 54.9. The van der Waals surface area contributed by atoms with Crippen molar-refractivity contribution in [2.75, 3.05) is 27.8 Å². The van der Waals surface area contributed by atoms with Gasteiger partial charge in [-0.3, -0.25) is 47.9 Å². The third-order valence-electron chi connectivity index (χ3n) is 16.4. The third kappa shape index (κ3) is 33.0. The molecule has 10 aromatic carbocycles. The van der Waals surface area contributed by atoms with Crippen molar-refractivity contribution >= 4 is 150 Å². The summed E-state index contributed by atoms with van der Waals surface area (Å²) < 4.78 is 176. The summed E-state index contributed by atoms with van der Waals surface area (Å²) in [7, 11) is 2.60. The van der Waals surface area contributed by atoms with Gasteiger partial charge in [-0.2, -0.15) is 52.7 Å². The summed E-state index contributed by atoms with van der Waals surface area (Å²) in [4.78, 5) is 131. The van der Waals surface area contributed by atoms with Gasteiger partial charge in [-0.25, -0.2) is 9.59 Å². The van der Waals surface area contributed by atoms with E-state index in [4.69, 9.17) is 42.1 Å². The standard InChI is InChI=1S/C11H9NO.C11H10O3.C10H6ClF3O.C10H7F3O.C10H8O3.C9H7NO.C9H8O3.C8H4ClF3O.C8H5F3O.C8H6O3/c13-8-2-4-9-3-1-5-11-10(9)6-7-12-11;1-14-11(13)10-7-3-2-5-9(10)6-4-8-12;11-9-6-8(10(12,13)14)4-3-7(9)2-1-5-15;11-10(12,13)9-6-2-1-4-8(9)5-3-7-14;11-6-2-4-8-3-1-5-9-10(8)13-7-12-9;11-6-7-2-1-3-9-8(7)4-5-10-9;1-12-9(11)8-5-3-2-4-7(8)6-10;9-7-3-6(8(10,11)12)2-1-5(7)4-13;9-8(10,11)7-4-2-1-3-6(7)5-12;9-4-6-2-1-3-7-8(6)11-5-10-7/h1-8,12H;2-8H,1H3;1-6H;1-7H;1-6H,7H2;1-6,10H;2-6H,1H3;1-4H;1-5H;1-4H,5H2/b4-2+;6-4+;2-1+;5-3+;4-2+;;;;;. The first-order valence-corrected chi connectivity index (χ1v) is 37.2. The van der Waals surface area contributed by atoms with Crippen LogP contribution in [0.3, 0.4) is 0 Å². The van der Waals surface area contributed by atoms with Crippen LogP contribution in [0.15, 0.2) is 261 Å². The molecule has 0 saturated heterocycles. The molecule has 0 fully saturated rings. The van der Waals surface area contributed by atoms with E-state index in [2.05, 4.69) is 19.4 Å². The molecule has 128 heavy (non-hydrogen) atoms. The molecule has 12 aromatic rings. The van der Waals surface area contributed by atoms with Crippen LogP contribution in [-0.4, -0.2) is 113 Å². The van der Waals surface area contributed by atoms with Crippen LogP contribution in [0.25, 0.3) is 52.2 Å². The van der Waals surface area contributed by atoms with Gasteiger partial charge in [0.25, 0.3) is 0 Å². The smallest absolute Gasteiger partial charge is 0.417 e. The van der Waals surface area contributed by atoms with Gasteiger partial charge in [-0.15, -0.1) is 0 Å². The fraction of sp³-hybridized carbons (Fsp3) is 0.0851. The minimum Gasteiger partial charge on any atom is -0.465 e. The van der Waals surface area contributed by atoms with E-state index in [-0.39, 0.29) is 46.6 Å². The first-order valence-electron chi connectivity index (χ1n) is 36.4. The Morgan fingerprint density at radius 3 is 1.07 bits per heavy atom. The van der Waals surface area contributed by atoms with Gasteiger partial charge >= 0.3 is 36.6 Å². The largest absolute Gasteiger partial charge is 0.465 e. The SMILES string of the molecule is COC(=O)c1ccccc1/C=C/C=O.COC(=O)c1ccccc1C=O.O=C/C=C/c1ccc(C(F)(F)F)cc1Cl.O=C/C=C/c1cccc2[nH]ccc12.O=C/C=C/c1cccc2c1OCO2.O=C/C=C/c1ccccc1C(F)(F)F.O=Cc1ccc(C(F)(F)F)cc1Cl.O=Cc1cccc2[nH]ccc12.O=Cc1cccc2c1OCO2.O=Cc1ccccc1C(F)(F)F. The number of carbonyl (C=O) groups excluding carboxylic acids is 12. The lowest BCUT2D eigenvalue weighted by molar-refractivity contribution is -0.138. The van der Waals surface area contributed by atoms with Crippen LogP contribution in [0.4, 0.5) is 52.7 Å². The first kappa shape index (κ1) is 103. The van der Waals surface area contributed by atoms with Gasteiger partial charge in [0.15, 0.2) is 54.4 Å². The summed E-state index contributed by atoms with van der Waals surface area (Å²) >= 11 is 11.0. The number of aromatic nitrogens is 2. The number of para-hydroxylation sites is 2. The number of aldehydes is 10. The Kier molecular flexibility index (Phi) is 42.6. The molecular weight excluding hydrogens is 1740 g/mol. The molecule has 0 unspecified atom stereocenters. The fourth-order valence-corrected chi connectivity index (χ4v) is 11.0. The van der Waals surface area contributed by atoms with Crippen LogP contribution in [0.1, 0.15) is 123 Å². The lowest BCUT2D eigenvalue weighted by atomic mass is 10.1. The number of methoxy groups -OCH3 is 2. The van der Waals surface area contributed by atoms with Gasteiger partial charge < -0.3 is 38.4 Å². The number of fused-ring (bicyclic) bond motifs is 4. The topological polar surface area (TPSA) is 292 Å². The van der Waals surface area contributed by atoms with Gasteiger partial charge in [0.1, 0.15) is 31.4 Å². The van der Waals surface area contributed by atoms with Crippen molar-refractivity contribution in [3.05, 3.63) is 360 Å².